The lowest BCUT2D eigenvalue weighted by Crippen LogP contribution is -2.63. The van der Waals surface area contributed by atoms with Crippen molar-refractivity contribution in [3.05, 3.63) is 82.7 Å². The molecule has 43 heavy (non-hydrogen) atoms. The number of allylic oxidation sites excluding steroid dienone is 4. The summed E-state index contributed by atoms with van der Waals surface area (Å²) >= 11 is 0. The number of nitrogens with zero attached hydrogens (tertiary/aromatic N) is 1. The lowest BCUT2D eigenvalue weighted by atomic mass is 9.46. The number of aryl methyl sites for hydroxylation is 1. The standard InChI is InChI=1S/C35H41NO7/c1-33-11-10-24(39)14-23(33)8-9-25-26-15-30-35(29(41)19-38,34(26,2)16-28(40)31(25)33)43-32(42-30)27-13-22(17-36(27)3)12-20-4-6-21(18-37)7-5-20/h4-7,10-11,13-14,17,25-26,28,30-32,37-38,40H,8-9,12,15-16,18-19H2,1-3H3/t25-,26-,28-,30+,31+,32+,33-,34-,35+/m0/s1. The summed E-state index contributed by atoms with van der Waals surface area (Å²) in [6, 6.07) is 9.90. The van der Waals surface area contributed by atoms with Gasteiger partial charge in [0.2, 0.25) is 6.29 Å². The molecule has 3 saturated carbocycles. The summed E-state index contributed by atoms with van der Waals surface area (Å²) in [5, 5.41) is 31.5. The Labute approximate surface area is 252 Å². The molecule has 7 rings (SSSR count). The van der Waals surface area contributed by atoms with Gasteiger partial charge in [-0.25, -0.2) is 0 Å². The van der Waals surface area contributed by atoms with Crippen LogP contribution in [-0.4, -0.2) is 55.9 Å². The van der Waals surface area contributed by atoms with Crippen molar-refractivity contribution in [3.63, 3.8) is 0 Å². The Morgan fingerprint density at radius 1 is 1.12 bits per heavy atom. The van der Waals surface area contributed by atoms with E-state index < -0.39 is 41.5 Å². The van der Waals surface area contributed by atoms with Gasteiger partial charge in [0.05, 0.1) is 24.5 Å². The zero-order valence-corrected chi connectivity index (χ0v) is 25.0. The Hall–Kier alpha value is -2.88. The summed E-state index contributed by atoms with van der Waals surface area (Å²) in [6.45, 7) is 3.54. The van der Waals surface area contributed by atoms with Crippen LogP contribution in [0.3, 0.4) is 0 Å². The zero-order chi connectivity index (χ0) is 30.3. The Morgan fingerprint density at radius 3 is 2.58 bits per heavy atom. The average Bonchev–Trinajstić information content (AvgIpc) is 3.62. The number of aliphatic hydroxyl groups is 3. The predicted octanol–water partition coefficient (Wildman–Crippen LogP) is 3.71. The second-order valence-electron chi connectivity index (χ2n) is 13.9. The SMILES string of the molecule is Cn1cc(Cc2ccc(CO)cc2)cc1[C@@H]1O[C@@H]2C[C@H]3[C@@H]4CCC5=CC(=O)C=C[C@]5(C)[C@H]4[C@@H](O)C[C@]3(C)[C@]2(C(=O)CO)O1. The maximum atomic E-state index is 13.8. The van der Waals surface area contributed by atoms with Gasteiger partial charge in [0.25, 0.3) is 0 Å². The molecule has 1 aromatic carbocycles. The second-order valence-corrected chi connectivity index (χ2v) is 13.9. The minimum absolute atomic E-state index is 0.000217. The molecule has 228 valence electrons. The summed E-state index contributed by atoms with van der Waals surface area (Å²) in [4.78, 5) is 26.0. The number of benzene rings is 1. The topological polar surface area (TPSA) is 118 Å². The number of aromatic nitrogens is 1. The first-order chi connectivity index (χ1) is 20.5. The molecular formula is C35H41NO7. The number of rotatable bonds is 6. The van der Waals surface area contributed by atoms with E-state index in [0.717, 1.165) is 40.8 Å². The van der Waals surface area contributed by atoms with E-state index in [1.807, 2.05) is 54.2 Å². The fourth-order valence-electron chi connectivity index (χ4n) is 9.80. The number of aliphatic hydroxyl groups excluding tert-OH is 3. The number of ether oxygens (including phenoxy) is 2. The highest BCUT2D eigenvalue weighted by Gasteiger charge is 2.76. The maximum absolute atomic E-state index is 13.8. The van der Waals surface area contributed by atoms with Crippen molar-refractivity contribution in [2.24, 2.45) is 35.6 Å². The highest BCUT2D eigenvalue weighted by Crippen LogP contribution is 2.70. The molecule has 4 aliphatic carbocycles. The van der Waals surface area contributed by atoms with Crippen LogP contribution >= 0.6 is 0 Å². The van der Waals surface area contributed by atoms with Crippen molar-refractivity contribution in [3.8, 4) is 0 Å². The summed E-state index contributed by atoms with van der Waals surface area (Å²) in [7, 11) is 1.94. The first-order valence-electron chi connectivity index (χ1n) is 15.5. The van der Waals surface area contributed by atoms with Crippen LogP contribution in [0.1, 0.15) is 68.2 Å². The molecule has 0 radical (unpaired) electrons. The number of carbonyl (C=O) groups is 2. The van der Waals surface area contributed by atoms with Crippen LogP contribution in [0.15, 0.2) is 60.3 Å². The van der Waals surface area contributed by atoms with Crippen LogP contribution in [-0.2, 0) is 39.1 Å². The van der Waals surface area contributed by atoms with E-state index in [9.17, 15) is 24.9 Å². The smallest absolute Gasteiger partial charge is 0.200 e. The van der Waals surface area contributed by atoms with Gasteiger partial charge in [-0.2, -0.15) is 0 Å². The summed E-state index contributed by atoms with van der Waals surface area (Å²) < 4.78 is 15.4. The Balaban J connectivity index is 1.19. The molecule has 1 aromatic heterocycles. The first kappa shape index (κ1) is 28.9. The molecule has 3 N–H and O–H groups in total. The normalized spacial score (nSPS) is 39.6. The van der Waals surface area contributed by atoms with E-state index in [-0.39, 0.29) is 35.9 Å². The zero-order valence-electron chi connectivity index (χ0n) is 25.0. The fourth-order valence-corrected chi connectivity index (χ4v) is 9.80. The van der Waals surface area contributed by atoms with Gasteiger partial charge in [0.15, 0.2) is 17.2 Å². The summed E-state index contributed by atoms with van der Waals surface area (Å²) in [6.07, 6.45) is 8.60. The molecule has 9 atom stereocenters. The second kappa shape index (κ2) is 10.1. The third-order valence-electron chi connectivity index (χ3n) is 11.7. The highest BCUT2D eigenvalue weighted by atomic mass is 16.7. The van der Waals surface area contributed by atoms with Gasteiger partial charge in [-0.15, -0.1) is 0 Å². The quantitative estimate of drug-likeness (QED) is 0.472. The van der Waals surface area contributed by atoms with E-state index in [4.69, 9.17) is 9.47 Å². The molecule has 1 saturated heterocycles. The van der Waals surface area contributed by atoms with Crippen LogP contribution in [0.2, 0.25) is 0 Å². The lowest BCUT2D eigenvalue weighted by molar-refractivity contribution is -0.202. The molecule has 2 heterocycles. The highest BCUT2D eigenvalue weighted by molar-refractivity contribution is 6.01. The Morgan fingerprint density at radius 2 is 1.86 bits per heavy atom. The fraction of sp³-hybridized carbons (Fsp3) is 0.543. The third-order valence-corrected chi connectivity index (χ3v) is 11.7. The van der Waals surface area contributed by atoms with E-state index >= 15 is 0 Å². The number of ketones is 2. The molecule has 8 nitrogen and oxygen atoms in total. The molecule has 4 fully saturated rings. The van der Waals surface area contributed by atoms with E-state index in [1.54, 1.807) is 12.2 Å². The Bertz CT molecular complexity index is 1520. The molecule has 0 bridgehead atoms. The van der Waals surface area contributed by atoms with E-state index in [1.165, 1.54) is 0 Å². The van der Waals surface area contributed by atoms with Gasteiger partial charge in [0.1, 0.15) is 6.61 Å². The van der Waals surface area contributed by atoms with Gasteiger partial charge < -0.3 is 29.4 Å². The van der Waals surface area contributed by atoms with Gasteiger partial charge in [-0.05, 0) is 78.8 Å². The molecule has 0 unspecified atom stereocenters. The summed E-state index contributed by atoms with van der Waals surface area (Å²) in [5.41, 5.74) is 2.41. The number of Topliss-reactive ketones (excluding diaryl/α,β-unsaturated/α-hetero) is 1. The van der Waals surface area contributed by atoms with Gasteiger partial charge in [-0.1, -0.05) is 49.8 Å². The van der Waals surface area contributed by atoms with Crippen molar-refractivity contribution >= 4 is 11.6 Å². The molecule has 8 heteroatoms. The minimum Gasteiger partial charge on any atom is -0.393 e. The van der Waals surface area contributed by atoms with Crippen molar-refractivity contribution in [2.75, 3.05) is 6.61 Å². The van der Waals surface area contributed by atoms with Crippen LogP contribution in [0.4, 0.5) is 0 Å². The van der Waals surface area contributed by atoms with Gasteiger partial charge in [0, 0.05) is 30.0 Å². The minimum atomic E-state index is -1.37. The van der Waals surface area contributed by atoms with Crippen molar-refractivity contribution in [1.82, 2.24) is 4.57 Å². The molecule has 1 aliphatic heterocycles. The van der Waals surface area contributed by atoms with E-state index in [0.29, 0.717) is 19.3 Å². The van der Waals surface area contributed by atoms with Crippen molar-refractivity contribution < 1.29 is 34.4 Å². The van der Waals surface area contributed by atoms with E-state index in [2.05, 4.69) is 13.8 Å². The predicted molar refractivity (Wildman–Crippen MR) is 157 cm³/mol. The third kappa shape index (κ3) is 4.07. The molecule has 2 aromatic rings. The van der Waals surface area contributed by atoms with Crippen molar-refractivity contribution in [2.45, 2.75) is 76.7 Å². The summed E-state index contributed by atoms with van der Waals surface area (Å²) in [5.74, 6) is -0.294. The molecular weight excluding hydrogens is 546 g/mol. The average molecular weight is 588 g/mol. The van der Waals surface area contributed by atoms with Gasteiger partial charge in [-0.3, -0.25) is 9.59 Å². The number of hydrogen-bond acceptors (Lipinski definition) is 7. The number of fused-ring (bicyclic) bond motifs is 7. The number of carbonyl (C=O) groups excluding carboxylic acids is 2. The van der Waals surface area contributed by atoms with Crippen LogP contribution < -0.4 is 0 Å². The largest absolute Gasteiger partial charge is 0.393 e. The van der Waals surface area contributed by atoms with Crippen LogP contribution in [0.5, 0.6) is 0 Å². The maximum Gasteiger partial charge on any atom is 0.200 e. The Kier molecular flexibility index (Phi) is 6.76. The lowest BCUT2D eigenvalue weighted by Gasteiger charge is -2.59. The first-order valence-corrected chi connectivity index (χ1v) is 15.5. The van der Waals surface area contributed by atoms with Crippen LogP contribution in [0.25, 0.3) is 0 Å². The van der Waals surface area contributed by atoms with Crippen molar-refractivity contribution in [1.29, 1.82) is 0 Å². The monoisotopic (exact) mass is 587 g/mol. The van der Waals surface area contributed by atoms with Gasteiger partial charge >= 0.3 is 0 Å². The molecule has 0 amide bonds. The molecule has 5 aliphatic rings. The van der Waals surface area contributed by atoms with Crippen LogP contribution in [0, 0.1) is 28.6 Å². The number of hydrogen-bond donors (Lipinski definition) is 3. The molecule has 0 spiro atoms.